The predicted octanol–water partition coefficient (Wildman–Crippen LogP) is 3.04. The van der Waals surface area contributed by atoms with Crippen LogP contribution in [0.5, 0.6) is 0 Å². The monoisotopic (exact) mass is 419 g/mol. The van der Waals surface area contributed by atoms with E-state index in [1.807, 2.05) is 6.21 Å². The number of ether oxygens (including phenoxy) is 1. The number of carboxylic acid groups (broad SMARTS) is 1. The number of carbonyl (C=O) groups is 1. The number of piperidine rings is 1. The highest BCUT2D eigenvalue weighted by Crippen LogP contribution is 2.41. The van der Waals surface area contributed by atoms with Crippen molar-refractivity contribution in [2.45, 2.75) is 95.1 Å². The Morgan fingerprint density at radius 3 is 2.37 bits per heavy atom. The van der Waals surface area contributed by atoms with Crippen LogP contribution in [0.4, 0.5) is 4.79 Å². The number of nitrogens with zero attached hydrogens (tertiary/aromatic N) is 2. The summed E-state index contributed by atoms with van der Waals surface area (Å²) in [5.41, 5.74) is -0.636. The molecule has 3 aliphatic heterocycles. The minimum Gasteiger partial charge on any atom is -0.465 e. The quantitative estimate of drug-likeness (QED) is 0.666. The summed E-state index contributed by atoms with van der Waals surface area (Å²) < 4.78 is 18.5. The zero-order valence-corrected chi connectivity index (χ0v) is 18.5. The lowest BCUT2D eigenvalue weighted by atomic mass is 9.70. The van der Waals surface area contributed by atoms with Gasteiger partial charge in [0.05, 0.1) is 23.4 Å². The molecule has 0 aromatic carbocycles. The van der Waals surface area contributed by atoms with Crippen molar-refractivity contribution < 1.29 is 23.9 Å². The largest absolute Gasteiger partial charge is 0.467 e. The SMILES string of the molecule is CC1(C)OB(C2C=NC(N3CCC(O[C@H]4C[C@H](NC(=O)O)C4)CC3)=CC2)OC1(C)C. The van der Waals surface area contributed by atoms with Crippen molar-refractivity contribution in [3.63, 3.8) is 0 Å². The fraction of sp³-hybridized carbons (Fsp3) is 0.810. The molecule has 0 aromatic rings. The van der Waals surface area contributed by atoms with E-state index in [1.54, 1.807) is 0 Å². The Labute approximate surface area is 179 Å². The second-order valence-corrected chi connectivity index (χ2v) is 9.93. The number of amides is 1. The fourth-order valence-electron chi connectivity index (χ4n) is 4.45. The maximum absolute atomic E-state index is 10.6. The van der Waals surface area contributed by atoms with Crippen molar-refractivity contribution in [2.24, 2.45) is 4.99 Å². The van der Waals surface area contributed by atoms with Crippen LogP contribution in [0.1, 0.15) is 59.8 Å². The van der Waals surface area contributed by atoms with Gasteiger partial charge in [-0.3, -0.25) is 0 Å². The molecule has 166 valence electrons. The molecular formula is C21H34BN3O5. The summed E-state index contributed by atoms with van der Waals surface area (Å²) in [7, 11) is -0.252. The molecule has 0 bridgehead atoms. The first kappa shape index (κ1) is 21.6. The van der Waals surface area contributed by atoms with E-state index in [4.69, 9.17) is 24.1 Å². The standard InChI is InChI=1S/C21H34BN3O5/c1-20(2)21(3,4)30-22(29-20)14-5-6-18(23-13-14)25-9-7-16(8-10-25)28-17-11-15(12-17)24-19(26)27/h6,13-17,24H,5,7-12H2,1-4H3,(H,26,27)/t14?,15-,17-. The lowest BCUT2D eigenvalue weighted by molar-refractivity contribution is -0.0808. The van der Waals surface area contributed by atoms with Crippen LogP contribution in [-0.4, -0.2) is 72.0 Å². The lowest BCUT2D eigenvalue weighted by Crippen LogP contribution is -2.49. The molecule has 0 radical (unpaired) electrons. The number of likely N-dealkylation sites (tertiary alicyclic amines) is 1. The van der Waals surface area contributed by atoms with E-state index in [-0.39, 0.29) is 42.4 Å². The highest BCUT2D eigenvalue weighted by atomic mass is 16.7. The van der Waals surface area contributed by atoms with Crippen molar-refractivity contribution in [3.8, 4) is 0 Å². The van der Waals surface area contributed by atoms with Gasteiger partial charge in [0.25, 0.3) is 0 Å². The van der Waals surface area contributed by atoms with Gasteiger partial charge in [-0.05, 0) is 65.9 Å². The van der Waals surface area contributed by atoms with Crippen LogP contribution in [0.3, 0.4) is 0 Å². The predicted molar refractivity (Wildman–Crippen MR) is 115 cm³/mol. The van der Waals surface area contributed by atoms with E-state index >= 15 is 0 Å². The molecule has 4 rings (SSSR count). The van der Waals surface area contributed by atoms with E-state index in [0.29, 0.717) is 0 Å². The molecule has 1 saturated carbocycles. The van der Waals surface area contributed by atoms with Crippen LogP contribution in [0.25, 0.3) is 0 Å². The maximum atomic E-state index is 10.6. The lowest BCUT2D eigenvalue weighted by Gasteiger charge is -2.40. The first-order valence-electron chi connectivity index (χ1n) is 11.1. The third kappa shape index (κ3) is 4.53. The Morgan fingerprint density at radius 1 is 1.20 bits per heavy atom. The molecule has 0 aromatic heterocycles. The molecule has 2 N–H and O–H groups in total. The van der Waals surface area contributed by atoms with Crippen molar-refractivity contribution in [1.82, 2.24) is 10.2 Å². The van der Waals surface area contributed by atoms with E-state index < -0.39 is 6.09 Å². The molecule has 2 saturated heterocycles. The van der Waals surface area contributed by atoms with Crippen LogP contribution in [0, 0.1) is 0 Å². The zero-order valence-electron chi connectivity index (χ0n) is 18.5. The summed E-state index contributed by atoms with van der Waals surface area (Å²) in [6, 6.07) is 0.0474. The summed E-state index contributed by atoms with van der Waals surface area (Å²) in [6.07, 6.45) is 8.05. The summed E-state index contributed by atoms with van der Waals surface area (Å²) in [5, 5.41) is 11.3. The first-order chi connectivity index (χ1) is 14.1. The molecule has 30 heavy (non-hydrogen) atoms. The van der Waals surface area contributed by atoms with Gasteiger partial charge in [-0.25, -0.2) is 9.79 Å². The summed E-state index contributed by atoms with van der Waals surface area (Å²) >= 11 is 0. The van der Waals surface area contributed by atoms with Gasteiger partial charge in [0.2, 0.25) is 0 Å². The molecule has 8 nitrogen and oxygen atoms in total. The van der Waals surface area contributed by atoms with E-state index in [9.17, 15) is 4.79 Å². The Kier molecular flexibility index (Phi) is 5.89. The smallest absolute Gasteiger partial charge is 0.465 e. The van der Waals surface area contributed by atoms with Gasteiger partial charge in [-0.15, -0.1) is 0 Å². The average molecular weight is 419 g/mol. The molecule has 3 fully saturated rings. The van der Waals surface area contributed by atoms with Crippen LogP contribution < -0.4 is 5.32 Å². The Bertz CT molecular complexity index is 695. The van der Waals surface area contributed by atoms with E-state index in [2.05, 4.69) is 44.0 Å². The van der Waals surface area contributed by atoms with Gasteiger partial charge in [0.1, 0.15) is 5.82 Å². The van der Waals surface area contributed by atoms with Crippen molar-refractivity contribution in [1.29, 1.82) is 0 Å². The van der Waals surface area contributed by atoms with Crippen LogP contribution in [0.15, 0.2) is 16.9 Å². The zero-order chi connectivity index (χ0) is 21.5. The topological polar surface area (TPSA) is 92.6 Å². The van der Waals surface area contributed by atoms with E-state index in [0.717, 1.165) is 51.0 Å². The van der Waals surface area contributed by atoms with Gasteiger partial charge in [-0.1, -0.05) is 0 Å². The molecule has 3 heterocycles. The normalized spacial score (nSPS) is 33.2. The average Bonchev–Trinajstić information content (AvgIpc) is 2.88. The van der Waals surface area contributed by atoms with Gasteiger partial charge < -0.3 is 29.4 Å². The molecule has 1 amide bonds. The second kappa shape index (κ2) is 8.17. The number of hydrogen-bond acceptors (Lipinski definition) is 6. The number of aliphatic imine (C=N–C) groups is 1. The number of allylic oxidation sites excluding steroid dienone is 1. The van der Waals surface area contributed by atoms with E-state index in [1.165, 1.54) is 0 Å². The highest BCUT2D eigenvalue weighted by Gasteiger charge is 2.53. The van der Waals surface area contributed by atoms with Crippen molar-refractivity contribution in [3.05, 3.63) is 11.9 Å². The Balaban J connectivity index is 1.19. The molecule has 4 aliphatic rings. The van der Waals surface area contributed by atoms with Crippen molar-refractivity contribution >= 4 is 19.4 Å². The number of rotatable bonds is 5. The highest BCUT2D eigenvalue weighted by molar-refractivity contribution is 6.51. The molecule has 9 heteroatoms. The van der Waals surface area contributed by atoms with Crippen molar-refractivity contribution in [2.75, 3.05) is 13.1 Å². The number of nitrogens with one attached hydrogen (secondary N) is 1. The first-order valence-corrected chi connectivity index (χ1v) is 11.1. The van der Waals surface area contributed by atoms with Crippen LogP contribution in [-0.2, 0) is 14.0 Å². The summed E-state index contributed by atoms with van der Waals surface area (Å²) in [6.45, 7) is 10.2. The van der Waals surface area contributed by atoms with Gasteiger partial charge in [0, 0.05) is 31.2 Å². The summed E-state index contributed by atoms with van der Waals surface area (Å²) in [4.78, 5) is 17.7. The van der Waals surface area contributed by atoms with Crippen LogP contribution >= 0.6 is 0 Å². The third-order valence-electron chi connectivity index (χ3n) is 7.17. The third-order valence-corrected chi connectivity index (χ3v) is 7.17. The molecule has 1 aliphatic carbocycles. The Morgan fingerprint density at radius 2 is 1.83 bits per heavy atom. The molecule has 1 atom stereocenters. The molecule has 0 spiro atoms. The van der Waals surface area contributed by atoms with Gasteiger partial charge >= 0.3 is 13.2 Å². The number of hydrogen-bond donors (Lipinski definition) is 2. The van der Waals surface area contributed by atoms with Gasteiger partial charge in [-0.2, -0.15) is 0 Å². The summed E-state index contributed by atoms with van der Waals surface area (Å²) in [5.74, 6) is 1.18. The minimum atomic E-state index is -0.950. The van der Waals surface area contributed by atoms with Crippen LogP contribution in [0.2, 0.25) is 5.82 Å². The fourth-order valence-corrected chi connectivity index (χ4v) is 4.45. The molecule has 1 unspecified atom stereocenters. The minimum absolute atomic E-state index is 0.0474. The Hall–Kier alpha value is -1.58. The maximum Gasteiger partial charge on any atom is 0.467 e. The molecular weight excluding hydrogens is 385 g/mol. The second-order valence-electron chi connectivity index (χ2n) is 9.93. The van der Waals surface area contributed by atoms with Gasteiger partial charge in [0.15, 0.2) is 0 Å².